The van der Waals surface area contributed by atoms with Crippen LogP contribution in [-0.4, -0.2) is 44.6 Å². The predicted molar refractivity (Wildman–Crippen MR) is 44.2 cm³/mol. The Labute approximate surface area is 84.7 Å². The van der Waals surface area contributed by atoms with Gasteiger partial charge in [-0.25, -0.2) is 0 Å². The lowest BCUT2D eigenvalue weighted by Crippen LogP contribution is -2.51. The maximum Gasteiger partial charge on any atom is 0.415 e. The normalized spacial score (nSPS) is 27.5. The number of alkyl halides is 3. The van der Waals surface area contributed by atoms with Crippen molar-refractivity contribution in [3.05, 3.63) is 0 Å². The van der Waals surface area contributed by atoms with Crippen molar-refractivity contribution in [3.63, 3.8) is 0 Å². The fourth-order valence-corrected chi connectivity index (χ4v) is 1.29. The SMILES string of the molecule is COC(=O)CC1CNCC(C(F)(F)F)O1. The zero-order chi connectivity index (χ0) is 11.5. The molecule has 2 unspecified atom stereocenters. The van der Waals surface area contributed by atoms with Gasteiger partial charge < -0.3 is 14.8 Å². The molecule has 0 aliphatic carbocycles. The van der Waals surface area contributed by atoms with Gasteiger partial charge in [-0.2, -0.15) is 13.2 Å². The highest BCUT2D eigenvalue weighted by Crippen LogP contribution is 2.25. The van der Waals surface area contributed by atoms with Gasteiger partial charge in [0.1, 0.15) is 0 Å². The van der Waals surface area contributed by atoms with Crippen molar-refractivity contribution >= 4 is 5.97 Å². The van der Waals surface area contributed by atoms with Gasteiger partial charge in [-0.15, -0.1) is 0 Å². The third kappa shape index (κ3) is 3.67. The molecule has 2 atom stereocenters. The Morgan fingerprint density at radius 2 is 2.20 bits per heavy atom. The number of carbonyl (C=O) groups is 1. The molecule has 1 N–H and O–H groups in total. The second-order valence-corrected chi connectivity index (χ2v) is 3.23. The minimum absolute atomic E-state index is 0.171. The van der Waals surface area contributed by atoms with Crippen LogP contribution < -0.4 is 5.32 Å². The van der Waals surface area contributed by atoms with Crippen LogP contribution in [0, 0.1) is 0 Å². The van der Waals surface area contributed by atoms with Gasteiger partial charge in [0.25, 0.3) is 0 Å². The van der Waals surface area contributed by atoms with Crippen LogP contribution in [0.2, 0.25) is 0 Å². The van der Waals surface area contributed by atoms with E-state index in [0.717, 1.165) is 0 Å². The van der Waals surface area contributed by atoms with E-state index in [-0.39, 0.29) is 19.5 Å². The van der Waals surface area contributed by atoms with E-state index in [1.165, 1.54) is 7.11 Å². The lowest BCUT2D eigenvalue weighted by molar-refractivity contribution is -0.240. The van der Waals surface area contributed by atoms with Crippen LogP contribution in [0.3, 0.4) is 0 Å². The Balaban J connectivity index is 2.46. The van der Waals surface area contributed by atoms with Crippen LogP contribution in [0.4, 0.5) is 13.2 Å². The fourth-order valence-electron chi connectivity index (χ4n) is 1.29. The molecule has 0 aromatic carbocycles. The Hall–Kier alpha value is -0.820. The first kappa shape index (κ1) is 12.3. The van der Waals surface area contributed by atoms with Crippen LogP contribution >= 0.6 is 0 Å². The summed E-state index contributed by atoms with van der Waals surface area (Å²) in [5.74, 6) is -0.579. The Kier molecular flexibility index (Phi) is 3.92. The molecule has 1 aliphatic rings. The number of halogens is 3. The van der Waals surface area contributed by atoms with Gasteiger partial charge in [-0.05, 0) is 0 Å². The first-order valence-electron chi connectivity index (χ1n) is 4.43. The molecule has 7 heteroatoms. The highest BCUT2D eigenvalue weighted by Gasteiger charge is 2.43. The molecule has 1 heterocycles. The molecule has 1 fully saturated rings. The second kappa shape index (κ2) is 4.80. The molecule has 0 aromatic rings. The third-order valence-electron chi connectivity index (χ3n) is 2.05. The number of morpholine rings is 1. The number of ether oxygens (including phenoxy) is 2. The Bertz CT molecular complexity index is 232. The lowest BCUT2D eigenvalue weighted by atomic mass is 10.2. The summed E-state index contributed by atoms with van der Waals surface area (Å²) in [4.78, 5) is 10.8. The van der Waals surface area contributed by atoms with Crippen LogP contribution in [-0.2, 0) is 14.3 Å². The van der Waals surface area contributed by atoms with Gasteiger partial charge in [0.2, 0.25) is 0 Å². The van der Waals surface area contributed by atoms with E-state index in [1.54, 1.807) is 0 Å². The zero-order valence-corrected chi connectivity index (χ0v) is 8.13. The van der Waals surface area contributed by atoms with Crippen LogP contribution in [0.15, 0.2) is 0 Å². The second-order valence-electron chi connectivity index (χ2n) is 3.23. The predicted octanol–water partition coefficient (Wildman–Crippen LogP) is 0.469. The number of methoxy groups -OCH3 is 1. The molecule has 0 aromatic heterocycles. The van der Waals surface area contributed by atoms with Crippen LogP contribution in [0.5, 0.6) is 0 Å². The van der Waals surface area contributed by atoms with E-state index in [0.29, 0.717) is 0 Å². The Morgan fingerprint density at radius 3 is 2.73 bits per heavy atom. The van der Waals surface area contributed by atoms with Crippen molar-refractivity contribution in [2.45, 2.75) is 24.8 Å². The van der Waals surface area contributed by atoms with Gasteiger partial charge >= 0.3 is 12.1 Å². The van der Waals surface area contributed by atoms with Crippen molar-refractivity contribution in [2.24, 2.45) is 0 Å². The first-order chi connectivity index (χ1) is 6.93. The van der Waals surface area contributed by atoms with E-state index >= 15 is 0 Å². The average Bonchev–Trinajstić information content (AvgIpc) is 2.17. The van der Waals surface area contributed by atoms with E-state index in [4.69, 9.17) is 4.74 Å². The third-order valence-corrected chi connectivity index (χ3v) is 2.05. The summed E-state index contributed by atoms with van der Waals surface area (Å²) >= 11 is 0. The topological polar surface area (TPSA) is 47.6 Å². The molecule has 0 radical (unpaired) electrons. The molecular formula is C8H12F3NO3. The average molecular weight is 227 g/mol. The van der Waals surface area contributed by atoms with Crippen molar-refractivity contribution in [2.75, 3.05) is 20.2 Å². The molecule has 0 spiro atoms. The largest absolute Gasteiger partial charge is 0.469 e. The molecule has 1 rings (SSSR count). The molecule has 0 saturated carbocycles. The number of carbonyl (C=O) groups excluding carboxylic acids is 1. The molecule has 1 saturated heterocycles. The molecule has 15 heavy (non-hydrogen) atoms. The standard InChI is InChI=1S/C8H12F3NO3/c1-14-7(13)2-5-3-12-4-6(15-5)8(9,10)11/h5-6,12H,2-4H2,1H3. The van der Waals surface area contributed by atoms with Gasteiger partial charge in [-0.1, -0.05) is 0 Å². The van der Waals surface area contributed by atoms with Gasteiger partial charge in [0.15, 0.2) is 6.10 Å². The highest BCUT2D eigenvalue weighted by molar-refractivity contribution is 5.69. The maximum absolute atomic E-state index is 12.3. The van der Waals surface area contributed by atoms with E-state index in [1.807, 2.05) is 0 Å². The summed E-state index contributed by atoms with van der Waals surface area (Å²) in [7, 11) is 1.18. The highest BCUT2D eigenvalue weighted by atomic mass is 19.4. The summed E-state index contributed by atoms with van der Waals surface area (Å²) in [5, 5.41) is 2.57. The van der Waals surface area contributed by atoms with Crippen molar-refractivity contribution in [1.29, 1.82) is 0 Å². The number of esters is 1. The lowest BCUT2D eigenvalue weighted by Gasteiger charge is -2.31. The zero-order valence-electron chi connectivity index (χ0n) is 8.13. The Morgan fingerprint density at radius 1 is 1.53 bits per heavy atom. The smallest absolute Gasteiger partial charge is 0.415 e. The quantitative estimate of drug-likeness (QED) is 0.696. The van der Waals surface area contributed by atoms with E-state index in [2.05, 4.69) is 10.1 Å². The monoisotopic (exact) mass is 227 g/mol. The molecule has 1 aliphatic heterocycles. The number of nitrogens with one attached hydrogen (secondary N) is 1. The minimum Gasteiger partial charge on any atom is -0.469 e. The minimum atomic E-state index is -4.40. The van der Waals surface area contributed by atoms with Crippen LogP contribution in [0.25, 0.3) is 0 Å². The van der Waals surface area contributed by atoms with E-state index < -0.39 is 24.4 Å². The summed E-state index contributed by atoms with van der Waals surface area (Å²) in [6.07, 6.45) is -7.20. The van der Waals surface area contributed by atoms with Crippen molar-refractivity contribution in [1.82, 2.24) is 5.32 Å². The maximum atomic E-state index is 12.3. The number of rotatable bonds is 2. The van der Waals surface area contributed by atoms with E-state index in [9.17, 15) is 18.0 Å². The summed E-state index contributed by atoms with van der Waals surface area (Å²) in [5.41, 5.74) is 0. The van der Waals surface area contributed by atoms with Crippen molar-refractivity contribution < 1.29 is 27.4 Å². The number of hydrogen-bond donors (Lipinski definition) is 1. The van der Waals surface area contributed by atoms with Crippen LogP contribution in [0.1, 0.15) is 6.42 Å². The summed E-state index contributed by atoms with van der Waals surface area (Å²) < 4.78 is 45.8. The van der Waals surface area contributed by atoms with Gasteiger partial charge in [-0.3, -0.25) is 4.79 Å². The van der Waals surface area contributed by atoms with Gasteiger partial charge in [0.05, 0.1) is 19.6 Å². The fraction of sp³-hybridized carbons (Fsp3) is 0.875. The van der Waals surface area contributed by atoms with Crippen molar-refractivity contribution in [3.8, 4) is 0 Å². The number of hydrogen-bond acceptors (Lipinski definition) is 4. The molecule has 88 valence electrons. The molecule has 4 nitrogen and oxygen atoms in total. The molecule has 0 bridgehead atoms. The molecular weight excluding hydrogens is 215 g/mol. The summed E-state index contributed by atoms with van der Waals surface area (Å²) in [6.45, 7) is -0.0527. The molecule has 0 amide bonds. The summed E-state index contributed by atoms with van der Waals surface area (Å²) in [6, 6.07) is 0. The first-order valence-corrected chi connectivity index (χ1v) is 4.43. The van der Waals surface area contributed by atoms with Gasteiger partial charge in [0, 0.05) is 13.1 Å².